The van der Waals surface area contributed by atoms with Gasteiger partial charge in [0.25, 0.3) is 0 Å². The van der Waals surface area contributed by atoms with Crippen LogP contribution in [0.3, 0.4) is 0 Å². The lowest BCUT2D eigenvalue weighted by molar-refractivity contribution is -0.305. The number of unbranched alkanes of at least 4 members (excludes halogenated alkanes) is 13. The summed E-state index contributed by atoms with van der Waals surface area (Å²) in [7, 11) is 0. The average Bonchev–Trinajstić information content (AvgIpc) is 3.14. The second kappa shape index (κ2) is 33.2. The van der Waals surface area contributed by atoms with Crippen LogP contribution < -0.4 is 0 Å². The van der Waals surface area contributed by atoms with E-state index in [-0.39, 0.29) is 26.1 Å². The number of hydrogen-bond acceptors (Lipinski definition) is 10. The maximum absolute atomic E-state index is 12.7. The molecule has 10 heteroatoms. The third-order valence-corrected chi connectivity index (χ3v) is 8.97. The molecular formula is C42H72O10. The van der Waals surface area contributed by atoms with Crippen LogP contribution in [0.4, 0.5) is 0 Å². The van der Waals surface area contributed by atoms with Crippen molar-refractivity contribution in [2.24, 2.45) is 0 Å². The molecule has 1 aliphatic heterocycles. The van der Waals surface area contributed by atoms with Crippen molar-refractivity contribution in [2.75, 3.05) is 19.8 Å². The van der Waals surface area contributed by atoms with E-state index in [1.807, 2.05) is 0 Å². The number of hydrogen-bond donors (Lipinski definition) is 4. The summed E-state index contributed by atoms with van der Waals surface area (Å²) < 4.78 is 22.0. The van der Waals surface area contributed by atoms with E-state index < -0.39 is 55.4 Å². The summed E-state index contributed by atoms with van der Waals surface area (Å²) in [5.41, 5.74) is 0. The average molecular weight is 737 g/mol. The molecule has 0 aromatic rings. The smallest absolute Gasteiger partial charge is 0.306 e. The third kappa shape index (κ3) is 24.8. The molecule has 0 amide bonds. The first kappa shape index (κ1) is 47.7. The maximum atomic E-state index is 12.7. The minimum absolute atomic E-state index is 0.192. The maximum Gasteiger partial charge on any atom is 0.306 e. The number of esters is 2. The first-order chi connectivity index (χ1) is 25.3. The Morgan fingerprint density at radius 3 is 1.65 bits per heavy atom. The van der Waals surface area contributed by atoms with E-state index >= 15 is 0 Å². The lowest BCUT2D eigenvalue weighted by atomic mass is 9.99. The molecule has 0 bridgehead atoms. The van der Waals surface area contributed by atoms with Crippen LogP contribution in [0.25, 0.3) is 0 Å². The van der Waals surface area contributed by atoms with Gasteiger partial charge in [0.1, 0.15) is 31.0 Å². The Morgan fingerprint density at radius 2 is 1.08 bits per heavy atom. The summed E-state index contributed by atoms with van der Waals surface area (Å²) in [6.45, 7) is 3.30. The fourth-order valence-electron chi connectivity index (χ4n) is 5.70. The second-order valence-corrected chi connectivity index (χ2v) is 13.7. The molecule has 0 saturated carbocycles. The van der Waals surface area contributed by atoms with Gasteiger partial charge in [-0.2, -0.15) is 0 Å². The Labute approximate surface area is 314 Å². The number of rotatable bonds is 32. The highest BCUT2D eigenvalue weighted by Crippen LogP contribution is 2.22. The minimum atomic E-state index is -1.60. The van der Waals surface area contributed by atoms with Gasteiger partial charge < -0.3 is 39.4 Å². The molecular weight excluding hydrogens is 664 g/mol. The van der Waals surface area contributed by atoms with Gasteiger partial charge in [0.2, 0.25) is 0 Å². The number of carbonyl (C=O) groups is 2. The molecule has 1 aliphatic rings. The third-order valence-electron chi connectivity index (χ3n) is 8.97. The Bertz CT molecular complexity index is 991. The van der Waals surface area contributed by atoms with Crippen molar-refractivity contribution in [3.63, 3.8) is 0 Å². The SMILES string of the molecule is CCCCC/C=C/C/C=C/C/C=C/C/C=C/CCCCCC(=O)O[C@H](COC(=O)CCCCCCCCCC)CO[C@@H]1O[C@H](CO)[C@H](O)C(O)C1O. The molecule has 0 aromatic carbocycles. The van der Waals surface area contributed by atoms with Crippen LogP contribution in [0.1, 0.15) is 149 Å². The largest absolute Gasteiger partial charge is 0.462 e. The molecule has 52 heavy (non-hydrogen) atoms. The predicted octanol–water partition coefficient (Wildman–Crippen LogP) is 7.71. The predicted molar refractivity (Wildman–Crippen MR) is 205 cm³/mol. The molecule has 4 N–H and O–H groups in total. The molecule has 6 atom stereocenters. The van der Waals surface area contributed by atoms with E-state index in [9.17, 15) is 30.0 Å². The highest BCUT2D eigenvalue weighted by atomic mass is 16.7. The molecule has 0 aromatic heterocycles. The summed E-state index contributed by atoms with van der Waals surface area (Å²) in [5, 5.41) is 39.9. The lowest BCUT2D eigenvalue weighted by Gasteiger charge is -2.39. The summed E-state index contributed by atoms with van der Waals surface area (Å²) in [5.74, 6) is -0.851. The molecule has 0 aliphatic carbocycles. The van der Waals surface area contributed by atoms with Crippen molar-refractivity contribution in [3.05, 3.63) is 48.6 Å². The molecule has 1 heterocycles. The van der Waals surface area contributed by atoms with E-state index in [2.05, 4.69) is 62.5 Å². The van der Waals surface area contributed by atoms with E-state index in [1.54, 1.807) is 0 Å². The first-order valence-electron chi connectivity index (χ1n) is 20.2. The summed E-state index contributed by atoms with van der Waals surface area (Å²) in [6.07, 6.45) is 29.9. The molecule has 10 nitrogen and oxygen atoms in total. The fraction of sp³-hybridized carbons (Fsp3) is 0.762. The van der Waals surface area contributed by atoms with Crippen LogP contribution in [0.5, 0.6) is 0 Å². The van der Waals surface area contributed by atoms with Crippen LogP contribution in [0.15, 0.2) is 48.6 Å². The quantitative estimate of drug-likeness (QED) is 0.0307. The lowest BCUT2D eigenvalue weighted by Crippen LogP contribution is -2.59. The zero-order chi connectivity index (χ0) is 38.1. The van der Waals surface area contributed by atoms with E-state index in [4.69, 9.17) is 18.9 Å². The Kier molecular flexibility index (Phi) is 30.5. The van der Waals surface area contributed by atoms with Crippen molar-refractivity contribution >= 4 is 11.9 Å². The first-order valence-corrected chi connectivity index (χ1v) is 20.2. The summed E-state index contributed by atoms with van der Waals surface area (Å²) in [4.78, 5) is 25.1. The molecule has 2 unspecified atom stereocenters. The molecule has 1 fully saturated rings. The Balaban J connectivity index is 2.38. The number of aliphatic hydroxyl groups is 4. The van der Waals surface area contributed by atoms with Gasteiger partial charge in [0, 0.05) is 12.8 Å². The summed E-state index contributed by atoms with van der Waals surface area (Å²) in [6, 6.07) is 0. The van der Waals surface area contributed by atoms with Crippen molar-refractivity contribution in [1.82, 2.24) is 0 Å². The van der Waals surface area contributed by atoms with Crippen molar-refractivity contribution in [1.29, 1.82) is 0 Å². The van der Waals surface area contributed by atoms with Gasteiger partial charge in [-0.1, -0.05) is 127 Å². The van der Waals surface area contributed by atoms with Gasteiger partial charge in [-0.05, 0) is 57.8 Å². The van der Waals surface area contributed by atoms with Gasteiger partial charge in [-0.3, -0.25) is 9.59 Å². The second-order valence-electron chi connectivity index (χ2n) is 13.7. The van der Waals surface area contributed by atoms with Crippen LogP contribution in [-0.2, 0) is 28.5 Å². The zero-order valence-corrected chi connectivity index (χ0v) is 32.3. The zero-order valence-electron chi connectivity index (χ0n) is 32.3. The molecule has 1 rings (SSSR count). The minimum Gasteiger partial charge on any atom is -0.462 e. The van der Waals surface area contributed by atoms with Crippen molar-refractivity contribution < 1.29 is 49.0 Å². The Hall–Kier alpha value is -2.34. The van der Waals surface area contributed by atoms with Crippen LogP contribution in [0.2, 0.25) is 0 Å². The normalized spacial score (nSPS) is 21.5. The van der Waals surface area contributed by atoms with Crippen molar-refractivity contribution in [2.45, 2.75) is 185 Å². The number of allylic oxidation sites excluding steroid dienone is 8. The van der Waals surface area contributed by atoms with Gasteiger partial charge >= 0.3 is 11.9 Å². The molecule has 0 spiro atoms. The van der Waals surface area contributed by atoms with Gasteiger partial charge in [0.15, 0.2) is 12.4 Å². The molecule has 0 radical (unpaired) electrons. The highest BCUT2D eigenvalue weighted by Gasteiger charge is 2.44. The topological polar surface area (TPSA) is 152 Å². The van der Waals surface area contributed by atoms with Crippen LogP contribution in [-0.4, -0.2) is 89.0 Å². The molecule has 1 saturated heterocycles. The monoisotopic (exact) mass is 737 g/mol. The van der Waals surface area contributed by atoms with Gasteiger partial charge in [-0.15, -0.1) is 0 Å². The number of carbonyl (C=O) groups excluding carboxylic acids is 2. The standard InChI is InChI=1S/C42H72O10/c1-3-5-7-9-11-13-14-15-16-17-18-19-20-21-22-23-25-27-29-31-38(45)51-35(33-49-37(44)30-28-26-24-12-10-8-6-4-2)34-50-42-41(48)40(47)39(46)36(32-43)52-42/h11,13,15-16,18-19,21-22,35-36,39-43,46-48H,3-10,12,14,17,20,23-34H2,1-2H3/b13-11+,16-15+,19-18+,22-21+/t35-,36-,39+,40?,41?,42-/m1/s1. The number of aliphatic hydroxyl groups excluding tert-OH is 4. The Morgan fingerprint density at radius 1 is 0.596 bits per heavy atom. The van der Waals surface area contributed by atoms with E-state index in [0.29, 0.717) is 6.42 Å². The number of ether oxygens (including phenoxy) is 4. The fourth-order valence-corrected chi connectivity index (χ4v) is 5.70. The highest BCUT2D eigenvalue weighted by molar-refractivity contribution is 5.70. The van der Waals surface area contributed by atoms with Crippen molar-refractivity contribution in [3.8, 4) is 0 Å². The van der Waals surface area contributed by atoms with E-state index in [0.717, 1.165) is 64.2 Å². The summed E-state index contributed by atoms with van der Waals surface area (Å²) >= 11 is 0. The van der Waals surface area contributed by atoms with Gasteiger partial charge in [-0.25, -0.2) is 0 Å². The van der Waals surface area contributed by atoms with E-state index in [1.165, 1.54) is 51.4 Å². The van der Waals surface area contributed by atoms with Crippen LogP contribution >= 0.6 is 0 Å². The van der Waals surface area contributed by atoms with Gasteiger partial charge in [0.05, 0.1) is 13.2 Å². The molecule has 300 valence electrons. The van der Waals surface area contributed by atoms with Crippen LogP contribution in [0, 0.1) is 0 Å².